The van der Waals surface area contributed by atoms with Crippen molar-refractivity contribution in [1.29, 1.82) is 0 Å². The largest absolute Gasteiger partial charge is 0.394 e. The van der Waals surface area contributed by atoms with Crippen molar-refractivity contribution in [2.45, 2.75) is 407 Å². The molecule has 3 rings (SSSR count). The number of unbranched alkanes of at least 4 members (excludes halogenated alkanes) is 40. The topological polar surface area (TPSA) is 307 Å². The molecule has 19 nitrogen and oxygen atoms in total. The molecule has 1 amide bonds. The summed E-state index contributed by atoms with van der Waals surface area (Å²) in [7, 11) is 0. The van der Waals surface area contributed by atoms with Crippen molar-refractivity contribution in [2.24, 2.45) is 0 Å². The van der Waals surface area contributed by atoms with Gasteiger partial charge >= 0.3 is 0 Å². The van der Waals surface area contributed by atoms with Crippen molar-refractivity contribution < 1.29 is 89.4 Å². The lowest BCUT2D eigenvalue weighted by molar-refractivity contribution is -0.379. The van der Waals surface area contributed by atoms with Crippen molar-refractivity contribution in [3.05, 3.63) is 36.5 Å². The number of aliphatic hydroxyl groups excluding tert-OH is 11. The van der Waals surface area contributed by atoms with Crippen LogP contribution in [0.3, 0.4) is 0 Å². The van der Waals surface area contributed by atoms with E-state index in [9.17, 15) is 61.0 Å². The van der Waals surface area contributed by atoms with Crippen LogP contribution in [0.5, 0.6) is 0 Å². The Morgan fingerprint density at radius 1 is 0.372 bits per heavy atom. The molecular formula is C75H139NO18. The summed E-state index contributed by atoms with van der Waals surface area (Å²) in [5, 5.41) is 120. The Morgan fingerprint density at radius 2 is 0.681 bits per heavy atom. The highest BCUT2D eigenvalue weighted by atomic mass is 16.8. The van der Waals surface area contributed by atoms with E-state index in [4.69, 9.17) is 28.4 Å². The lowest BCUT2D eigenvalue weighted by Gasteiger charge is -2.48. The quantitative estimate of drug-likeness (QED) is 0.0199. The highest BCUT2D eigenvalue weighted by Crippen LogP contribution is 2.33. The third-order valence-corrected chi connectivity index (χ3v) is 19.2. The van der Waals surface area contributed by atoms with Crippen molar-refractivity contribution >= 4 is 5.91 Å². The summed E-state index contributed by atoms with van der Waals surface area (Å²) in [5.41, 5.74) is 0. The fraction of sp³-hybridized carbons (Fsp3) is 0.907. The first kappa shape index (κ1) is 86.2. The molecule has 0 aromatic heterocycles. The molecule has 0 aromatic rings. The van der Waals surface area contributed by atoms with E-state index >= 15 is 0 Å². The van der Waals surface area contributed by atoms with Crippen LogP contribution in [0.25, 0.3) is 0 Å². The maximum Gasteiger partial charge on any atom is 0.220 e. The molecule has 19 heteroatoms. The molecule has 0 spiro atoms. The summed E-state index contributed by atoms with van der Waals surface area (Å²) in [4.78, 5) is 13.4. The molecule has 3 heterocycles. The first-order valence-electron chi connectivity index (χ1n) is 38.2. The summed E-state index contributed by atoms with van der Waals surface area (Å²) in [6.07, 6.45) is 41.7. The summed E-state index contributed by atoms with van der Waals surface area (Å²) >= 11 is 0. The standard InChI is InChI=1S/C75H139NO18/c1-3-5-7-9-11-13-15-17-19-20-21-22-23-24-25-26-27-28-29-30-31-32-33-34-35-36-37-38-39-41-43-45-47-49-51-53-63(81)76-58(59(80)52-50-48-46-44-42-40-18-16-14-12-10-8-6-4-2)57-89-73-69(87)66(84)71(61(55-78)91-73)94-75-70(88)67(85)72(62(56-79)92-75)93-74-68(86)65(83)64(82)60(54-77)90-74/h14,16,42,44,50,52,58-62,64-75,77-80,82-88H,3-13,15,17-41,43,45-49,51,53-57H2,1-2H3,(H,76,81)/b16-14+,44-42+,52-50+. The van der Waals surface area contributed by atoms with Crippen LogP contribution in [0.15, 0.2) is 36.5 Å². The van der Waals surface area contributed by atoms with E-state index in [2.05, 4.69) is 43.5 Å². The SMILES string of the molecule is CCCCCC/C=C/CC/C=C/CC/C=C/C(O)C(COC1OC(CO)C(OC2OC(CO)C(OC3OC(CO)C(O)C(O)C3O)C(O)C2O)C(O)C1O)NC(=O)CCCCCCCCCCCCCCCCCCCCCCCCCCCCCCCCCCCCC. The molecule has 94 heavy (non-hydrogen) atoms. The van der Waals surface area contributed by atoms with Crippen LogP contribution >= 0.6 is 0 Å². The van der Waals surface area contributed by atoms with E-state index in [1.165, 1.54) is 225 Å². The second-order valence-electron chi connectivity index (χ2n) is 27.5. The molecule has 0 radical (unpaired) electrons. The summed E-state index contributed by atoms with van der Waals surface area (Å²) in [6, 6.07) is -0.994. The normalized spacial score (nSPS) is 27.5. The van der Waals surface area contributed by atoms with Crippen LogP contribution < -0.4 is 5.32 Å². The Bertz CT molecular complexity index is 1840. The van der Waals surface area contributed by atoms with Crippen LogP contribution in [0.2, 0.25) is 0 Å². The van der Waals surface area contributed by atoms with Crippen molar-refractivity contribution in [3.63, 3.8) is 0 Å². The molecule has 0 aliphatic carbocycles. The number of carbonyl (C=O) groups is 1. The van der Waals surface area contributed by atoms with Crippen LogP contribution in [0.4, 0.5) is 0 Å². The molecule has 17 unspecified atom stereocenters. The van der Waals surface area contributed by atoms with Crippen LogP contribution in [-0.2, 0) is 33.2 Å². The van der Waals surface area contributed by atoms with E-state index in [0.717, 1.165) is 44.9 Å². The number of carbonyl (C=O) groups excluding carboxylic acids is 1. The zero-order chi connectivity index (χ0) is 68.2. The van der Waals surface area contributed by atoms with Gasteiger partial charge in [-0.2, -0.15) is 0 Å². The number of allylic oxidation sites excluding steroid dienone is 5. The second-order valence-corrected chi connectivity index (χ2v) is 27.5. The smallest absolute Gasteiger partial charge is 0.220 e. The highest BCUT2D eigenvalue weighted by molar-refractivity contribution is 5.76. The van der Waals surface area contributed by atoms with Gasteiger partial charge in [-0.3, -0.25) is 4.79 Å². The molecule has 3 aliphatic rings. The average molecular weight is 1340 g/mol. The molecule has 0 saturated carbocycles. The predicted molar refractivity (Wildman–Crippen MR) is 369 cm³/mol. The minimum Gasteiger partial charge on any atom is -0.394 e. The molecule has 3 aliphatic heterocycles. The van der Waals surface area contributed by atoms with Gasteiger partial charge in [0.2, 0.25) is 5.91 Å². The molecule has 17 atom stereocenters. The van der Waals surface area contributed by atoms with Gasteiger partial charge in [-0.15, -0.1) is 0 Å². The minimum atomic E-state index is -1.98. The van der Waals surface area contributed by atoms with Gasteiger partial charge in [0.25, 0.3) is 0 Å². The minimum absolute atomic E-state index is 0.236. The zero-order valence-electron chi connectivity index (χ0n) is 58.7. The van der Waals surface area contributed by atoms with Gasteiger partial charge in [-0.05, 0) is 44.9 Å². The molecule has 3 fully saturated rings. The van der Waals surface area contributed by atoms with Crippen LogP contribution in [-0.4, -0.2) is 193 Å². The Hall–Kier alpha value is -1.99. The molecule has 3 saturated heterocycles. The highest BCUT2D eigenvalue weighted by Gasteiger charge is 2.53. The van der Waals surface area contributed by atoms with Gasteiger partial charge in [0.1, 0.15) is 73.2 Å². The number of hydrogen-bond donors (Lipinski definition) is 12. The fourth-order valence-corrected chi connectivity index (χ4v) is 13.0. The second kappa shape index (κ2) is 56.7. The van der Waals surface area contributed by atoms with E-state index < -0.39 is 124 Å². The van der Waals surface area contributed by atoms with Gasteiger partial charge in [0, 0.05) is 6.42 Å². The average Bonchev–Trinajstić information content (AvgIpc) is 0.787. The third-order valence-electron chi connectivity index (χ3n) is 19.2. The van der Waals surface area contributed by atoms with Gasteiger partial charge in [0.05, 0.1) is 38.6 Å². The maximum absolute atomic E-state index is 13.4. The monoisotopic (exact) mass is 1340 g/mol. The Kier molecular flexibility index (Phi) is 52.0. The first-order chi connectivity index (χ1) is 45.8. The van der Waals surface area contributed by atoms with Gasteiger partial charge in [0.15, 0.2) is 18.9 Å². The van der Waals surface area contributed by atoms with Crippen molar-refractivity contribution in [2.75, 3.05) is 26.4 Å². The van der Waals surface area contributed by atoms with Gasteiger partial charge in [-0.25, -0.2) is 0 Å². The summed E-state index contributed by atoms with van der Waals surface area (Å²) < 4.78 is 34.3. The number of nitrogens with one attached hydrogen (secondary N) is 1. The fourth-order valence-electron chi connectivity index (χ4n) is 13.0. The van der Waals surface area contributed by atoms with E-state index in [-0.39, 0.29) is 18.9 Å². The third kappa shape index (κ3) is 37.4. The molecule has 552 valence electrons. The van der Waals surface area contributed by atoms with E-state index in [1.807, 2.05) is 6.08 Å². The first-order valence-corrected chi connectivity index (χ1v) is 38.2. The molecule has 0 aromatic carbocycles. The molecule has 0 bridgehead atoms. The summed E-state index contributed by atoms with van der Waals surface area (Å²) in [6.45, 7) is 1.71. The number of hydrogen-bond acceptors (Lipinski definition) is 18. The lowest BCUT2D eigenvalue weighted by atomic mass is 9.96. The Labute approximate surface area is 568 Å². The molecule has 12 N–H and O–H groups in total. The number of amides is 1. The van der Waals surface area contributed by atoms with Crippen molar-refractivity contribution in [1.82, 2.24) is 5.32 Å². The van der Waals surface area contributed by atoms with Crippen LogP contribution in [0, 0.1) is 0 Å². The number of ether oxygens (including phenoxy) is 6. The zero-order valence-corrected chi connectivity index (χ0v) is 58.7. The predicted octanol–water partition coefficient (Wildman–Crippen LogP) is 11.6. The summed E-state index contributed by atoms with van der Waals surface area (Å²) in [5.74, 6) is -0.285. The van der Waals surface area contributed by atoms with Gasteiger partial charge < -0.3 is 89.9 Å². The van der Waals surface area contributed by atoms with E-state index in [0.29, 0.717) is 12.8 Å². The number of aliphatic hydroxyl groups is 11. The Morgan fingerprint density at radius 3 is 1.06 bits per heavy atom. The lowest BCUT2D eigenvalue weighted by Crippen LogP contribution is -2.66. The van der Waals surface area contributed by atoms with Crippen molar-refractivity contribution in [3.8, 4) is 0 Å². The van der Waals surface area contributed by atoms with E-state index in [1.54, 1.807) is 6.08 Å². The maximum atomic E-state index is 13.4. The van der Waals surface area contributed by atoms with Gasteiger partial charge in [-0.1, -0.05) is 288 Å². The van der Waals surface area contributed by atoms with Crippen LogP contribution in [0.1, 0.15) is 303 Å². The number of rotatable bonds is 60. The Balaban J connectivity index is 1.32. The molecular weight excluding hydrogens is 1200 g/mol.